The first kappa shape index (κ1) is 44.2. The molecule has 0 saturated carbocycles. The van der Waals surface area contributed by atoms with Crippen molar-refractivity contribution < 1.29 is 0 Å². The predicted molar refractivity (Wildman–Crippen MR) is 293 cm³/mol. The van der Waals surface area contributed by atoms with Crippen LogP contribution in [0.2, 0.25) is 0 Å². The number of fused-ring (bicyclic) bond motifs is 11. The Labute approximate surface area is 410 Å². The van der Waals surface area contributed by atoms with E-state index in [2.05, 4.69) is 211 Å². The Morgan fingerprint density at radius 3 is 1.53 bits per heavy atom. The molecule has 0 bridgehead atoms. The maximum atomic E-state index is 2.87. The monoisotopic (exact) mass is 895 g/mol. The van der Waals surface area contributed by atoms with Crippen molar-refractivity contribution >= 4 is 46.2 Å². The Hall–Kier alpha value is -5.02. The Morgan fingerprint density at radius 1 is 0.382 bits per heavy atom. The van der Waals surface area contributed by atoms with E-state index >= 15 is 0 Å². The van der Waals surface area contributed by atoms with Gasteiger partial charge >= 0.3 is 6.85 Å². The van der Waals surface area contributed by atoms with E-state index in [1.165, 1.54) is 156 Å². The maximum absolute atomic E-state index is 2.87. The average Bonchev–Trinajstić information content (AvgIpc) is 3.51. The zero-order chi connectivity index (χ0) is 48.2. The van der Waals surface area contributed by atoms with Crippen LogP contribution in [-0.4, -0.2) is 6.85 Å². The molecule has 2 heterocycles. The van der Waals surface area contributed by atoms with E-state index in [4.69, 9.17) is 0 Å². The van der Waals surface area contributed by atoms with Gasteiger partial charge in [0.15, 0.2) is 0 Å². The van der Waals surface area contributed by atoms with Gasteiger partial charge in [-0.15, -0.1) is 0 Å². The van der Waals surface area contributed by atoms with Crippen LogP contribution in [-0.2, 0) is 37.9 Å². The fourth-order valence-corrected chi connectivity index (χ4v) is 14.8. The third-order valence-electron chi connectivity index (χ3n) is 19.4. The molecule has 0 saturated heterocycles. The summed E-state index contributed by atoms with van der Waals surface area (Å²) in [5.74, 6) is 0. The van der Waals surface area contributed by atoms with Gasteiger partial charge in [0.2, 0.25) is 0 Å². The molecule has 0 unspecified atom stereocenters. The molecule has 68 heavy (non-hydrogen) atoms. The van der Waals surface area contributed by atoms with Crippen molar-refractivity contribution in [3.8, 4) is 22.3 Å². The first-order chi connectivity index (χ1) is 31.8. The standard InChI is InChI=1S/C65H75BN2/c1-38-31-44-43-35-49-51(64(13,14)30-28-62(49,9)10)37-54(43)68(40-21-23-46-48(34-40)61(7,8)26-25-59(46,3)4)66-57(44)55(32-38)67(53-36-50-47(33-39(53)2)60(5,6)27-29-63(50,11)12)52-24-22-42-41-19-17-18-20-45(41)65(15,16)56(42)58(52)66/h17-24,31-37H,25-30H2,1-16H3. The summed E-state index contributed by atoms with van der Waals surface area (Å²) in [6.45, 7) is 39.5. The second-order valence-electron chi connectivity index (χ2n) is 27.1. The first-order valence-electron chi connectivity index (χ1n) is 26.3. The molecule has 4 aliphatic carbocycles. The van der Waals surface area contributed by atoms with Crippen molar-refractivity contribution in [2.24, 2.45) is 0 Å². The van der Waals surface area contributed by atoms with Crippen LogP contribution in [0, 0.1) is 13.8 Å². The number of aryl methyl sites for hydroxylation is 2. The van der Waals surface area contributed by atoms with Crippen LogP contribution in [0.25, 0.3) is 22.3 Å². The second kappa shape index (κ2) is 13.6. The van der Waals surface area contributed by atoms with E-state index in [1.54, 1.807) is 0 Å². The molecule has 0 spiro atoms. The first-order valence-corrected chi connectivity index (χ1v) is 26.3. The Morgan fingerprint density at radius 2 is 0.912 bits per heavy atom. The zero-order valence-electron chi connectivity index (χ0n) is 44.4. The summed E-state index contributed by atoms with van der Waals surface area (Å²) < 4.78 is 0. The average molecular weight is 895 g/mol. The molecule has 6 aromatic rings. The van der Waals surface area contributed by atoms with Gasteiger partial charge in [-0.1, -0.05) is 145 Å². The van der Waals surface area contributed by atoms with Crippen molar-refractivity contribution in [1.82, 2.24) is 0 Å². The lowest BCUT2D eigenvalue weighted by Crippen LogP contribution is -2.63. The van der Waals surface area contributed by atoms with Crippen molar-refractivity contribution in [3.63, 3.8) is 0 Å². The van der Waals surface area contributed by atoms with E-state index in [-0.39, 0.29) is 44.8 Å². The van der Waals surface area contributed by atoms with E-state index in [0.29, 0.717) is 0 Å². The van der Waals surface area contributed by atoms with E-state index in [0.717, 1.165) is 0 Å². The van der Waals surface area contributed by atoms with Crippen LogP contribution in [0.5, 0.6) is 0 Å². The Bertz CT molecular complexity index is 3200. The predicted octanol–water partition coefficient (Wildman–Crippen LogP) is 16.4. The van der Waals surface area contributed by atoms with Crippen molar-refractivity contribution in [2.45, 2.75) is 187 Å². The number of hydrogen-bond donors (Lipinski definition) is 0. The molecule has 0 fully saturated rings. The van der Waals surface area contributed by atoms with Gasteiger partial charge in [-0.05, 0) is 211 Å². The van der Waals surface area contributed by atoms with Crippen LogP contribution >= 0.6 is 0 Å². The van der Waals surface area contributed by atoms with Gasteiger partial charge in [0.25, 0.3) is 0 Å². The van der Waals surface area contributed by atoms with Gasteiger partial charge in [-0.2, -0.15) is 0 Å². The molecule has 0 amide bonds. The molecule has 2 nitrogen and oxygen atoms in total. The van der Waals surface area contributed by atoms with Gasteiger partial charge < -0.3 is 9.71 Å². The minimum Gasteiger partial charge on any atom is -0.376 e. The van der Waals surface area contributed by atoms with Crippen LogP contribution < -0.4 is 20.6 Å². The third-order valence-corrected chi connectivity index (χ3v) is 19.4. The third kappa shape index (κ3) is 5.89. The van der Waals surface area contributed by atoms with Crippen LogP contribution in [0.15, 0.2) is 91.0 Å². The number of rotatable bonds is 2. The highest BCUT2D eigenvalue weighted by atomic mass is 15.2. The second-order valence-corrected chi connectivity index (χ2v) is 27.1. The highest BCUT2D eigenvalue weighted by Gasteiger charge is 2.52. The molecule has 3 heteroatoms. The molecular weight excluding hydrogens is 820 g/mol. The molecule has 2 aliphatic heterocycles. The molecule has 0 atom stereocenters. The number of nitrogens with zero attached hydrogens (tertiary/aromatic N) is 2. The molecular formula is C65H75BN2. The summed E-state index contributed by atoms with van der Waals surface area (Å²) in [6.07, 6.45) is 7.15. The summed E-state index contributed by atoms with van der Waals surface area (Å²) >= 11 is 0. The molecule has 0 N–H and O–H groups in total. The zero-order valence-corrected chi connectivity index (χ0v) is 44.4. The lowest BCUT2D eigenvalue weighted by molar-refractivity contribution is 0.332. The normalized spacial score (nSPS) is 21.6. The minimum atomic E-state index is -0.224. The van der Waals surface area contributed by atoms with Crippen molar-refractivity contribution in [2.75, 3.05) is 9.71 Å². The van der Waals surface area contributed by atoms with Crippen LogP contribution in [0.4, 0.5) is 28.4 Å². The minimum absolute atomic E-state index is 0.0595. The van der Waals surface area contributed by atoms with Gasteiger partial charge in [-0.25, -0.2) is 0 Å². The van der Waals surface area contributed by atoms with Crippen LogP contribution in [0.3, 0.4) is 0 Å². The summed E-state index contributed by atoms with van der Waals surface area (Å²) in [5.41, 5.74) is 30.1. The van der Waals surface area contributed by atoms with Crippen molar-refractivity contribution in [3.05, 3.63) is 147 Å². The summed E-state index contributed by atoms with van der Waals surface area (Å²) in [4.78, 5) is 5.62. The smallest absolute Gasteiger partial charge is 0.333 e. The van der Waals surface area contributed by atoms with E-state index in [1.807, 2.05) is 0 Å². The summed E-state index contributed by atoms with van der Waals surface area (Å²) in [6, 6.07) is 37.7. The fourth-order valence-electron chi connectivity index (χ4n) is 14.8. The van der Waals surface area contributed by atoms with E-state index < -0.39 is 0 Å². The largest absolute Gasteiger partial charge is 0.376 e. The molecule has 6 aliphatic rings. The number of benzene rings is 6. The lowest BCUT2D eigenvalue weighted by atomic mass is 9.41. The molecule has 0 radical (unpaired) electrons. The van der Waals surface area contributed by atoms with Gasteiger partial charge in [0.05, 0.1) is 0 Å². The summed E-state index contributed by atoms with van der Waals surface area (Å²) in [5, 5.41) is 0. The fraction of sp³-hybridized carbons (Fsp3) is 0.446. The van der Waals surface area contributed by atoms with Gasteiger partial charge in [0.1, 0.15) is 0 Å². The van der Waals surface area contributed by atoms with Crippen molar-refractivity contribution in [1.29, 1.82) is 0 Å². The SMILES string of the molecule is Cc1cc2c3c(c1)N(c1cc4c(cc1C)C(C)(C)CCC4(C)C)c1ccc4c(c1B3N(c1ccc3c(c1)C(C)(C)CCC3(C)C)c1cc3c(cc1-2)C(C)(C)CCC3(C)C)C(C)(C)c1ccccc1-4. The molecule has 6 aromatic carbocycles. The summed E-state index contributed by atoms with van der Waals surface area (Å²) in [7, 11) is 0. The molecule has 0 aromatic heterocycles. The number of anilines is 5. The Kier molecular flexibility index (Phi) is 8.87. The topological polar surface area (TPSA) is 6.48 Å². The molecule has 348 valence electrons. The van der Waals surface area contributed by atoms with Gasteiger partial charge in [-0.3, -0.25) is 0 Å². The molecule has 12 rings (SSSR count). The Balaban J connectivity index is 1.25. The highest BCUT2D eigenvalue weighted by Crippen LogP contribution is 2.58. The van der Waals surface area contributed by atoms with Gasteiger partial charge in [0, 0.05) is 39.4 Å². The lowest BCUT2D eigenvalue weighted by Gasteiger charge is -2.50. The van der Waals surface area contributed by atoms with Crippen LogP contribution in [0.1, 0.15) is 191 Å². The van der Waals surface area contributed by atoms with E-state index in [9.17, 15) is 0 Å². The maximum Gasteiger partial charge on any atom is 0.333 e. The number of hydrogen-bond acceptors (Lipinski definition) is 2. The quantitative estimate of drug-likeness (QED) is 0.160. The highest BCUT2D eigenvalue weighted by molar-refractivity contribution is 6.94.